The molecule has 0 spiro atoms. The van der Waals surface area contributed by atoms with Gasteiger partial charge in [0.2, 0.25) is 20.1 Å². The van der Waals surface area contributed by atoms with Crippen LogP contribution in [0.15, 0.2) is 38.9 Å². The zero-order valence-electron chi connectivity index (χ0n) is 15.6. The Labute approximate surface area is 179 Å². The van der Waals surface area contributed by atoms with Crippen molar-refractivity contribution in [2.24, 2.45) is 0 Å². The molecule has 2 aromatic rings. The van der Waals surface area contributed by atoms with Crippen LogP contribution in [0.5, 0.6) is 0 Å². The number of nitrogens with zero attached hydrogens (tertiary/aromatic N) is 4. The fraction of sp³-hybridized carbons (Fsp3) is 0.278. The van der Waals surface area contributed by atoms with Gasteiger partial charge in [0.15, 0.2) is 0 Å². The lowest BCUT2D eigenvalue weighted by molar-refractivity contribution is -0.131. The summed E-state index contributed by atoms with van der Waals surface area (Å²) in [5.41, 5.74) is 0.00540. The number of likely N-dealkylation sites (tertiary alicyclic amines) is 1. The van der Waals surface area contributed by atoms with Crippen molar-refractivity contribution in [2.75, 3.05) is 13.1 Å². The van der Waals surface area contributed by atoms with Crippen molar-refractivity contribution in [3.8, 4) is 12.1 Å². The van der Waals surface area contributed by atoms with E-state index in [0.717, 1.165) is 0 Å². The summed E-state index contributed by atoms with van der Waals surface area (Å²) in [7, 11) is -4.02. The van der Waals surface area contributed by atoms with Crippen molar-refractivity contribution in [3.05, 3.63) is 40.9 Å². The predicted molar refractivity (Wildman–Crippen MR) is 102 cm³/mol. The minimum absolute atomic E-state index is 0.111. The Bertz CT molecular complexity index is 1210. The molecule has 13 heteroatoms. The Hall–Kier alpha value is -3.42. The fourth-order valence-corrected chi connectivity index (χ4v) is 5.21. The summed E-state index contributed by atoms with van der Waals surface area (Å²) >= 11 is 0.690. The molecule has 1 N–H and O–H groups in total. The van der Waals surface area contributed by atoms with Crippen LogP contribution in [0, 0.1) is 22.7 Å². The highest BCUT2D eigenvalue weighted by atomic mass is 32.2. The molecule has 1 fully saturated rings. The van der Waals surface area contributed by atoms with E-state index in [2.05, 4.69) is 10.3 Å². The summed E-state index contributed by atoms with van der Waals surface area (Å²) in [6, 6.07) is 7.35. The number of nitrogens with one attached hydrogen (secondary N) is 1. The molecular weight excluding hydrogens is 452 g/mol. The maximum atomic E-state index is 13.4. The normalized spacial score (nSPS) is 17.5. The van der Waals surface area contributed by atoms with Gasteiger partial charge in [-0.25, -0.2) is 22.2 Å². The fourth-order valence-electron chi connectivity index (χ4n) is 2.84. The van der Waals surface area contributed by atoms with Gasteiger partial charge < -0.3 is 10.2 Å². The molecule has 31 heavy (non-hydrogen) atoms. The molecule has 1 saturated heterocycles. The van der Waals surface area contributed by atoms with E-state index in [1.165, 1.54) is 29.6 Å². The first-order valence-electron chi connectivity index (χ1n) is 8.63. The van der Waals surface area contributed by atoms with Crippen molar-refractivity contribution in [1.82, 2.24) is 15.2 Å². The summed E-state index contributed by atoms with van der Waals surface area (Å²) in [5, 5.41) is 21.1. The lowest BCUT2D eigenvalue weighted by atomic mass is 10.2. The predicted octanol–water partition coefficient (Wildman–Crippen LogP) is 1.34. The number of carbonyl (C=O) groups excluding carboxylic acids is 2. The summed E-state index contributed by atoms with van der Waals surface area (Å²) in [4.78, 5) is 28.7. The van der Waals surface area contributed by atoms with E-state index in [1.807, 2.05) is 6.07 Å². The molecule has 2 amide bonds. The van der Waals surface area contributed by atoms with Crippen LogP contribution >= 0.6 is 11.3 Å². The molecule has 3 rings (SSSR count). The van der Waals surface area contributed by atoms with Gasteiger partial charge in [-0.3, -0.25) is 9.59 Å². The van der Waals surface area contributed by atoms with Crippen LogP contribution in [0.1, 0.15) is 22.5 Å². The Morgan fingerprint density at radius 1 is 1.29 bits per heavy atom. The number of hydrogen-bond donors (Lipinski definition) is 1. The van der Waals surface area contributed by atoms with E-state index in [9.17, 15) is 26.8 Å². The topological polar surface area (TPSA) is 144 Å². The summed E-state index contributed by atoms with van der Waals surface area (Å²) < 4.78 is 51.7. The number of carbonyl (C=O) groups is 2. The molecule has 1 aromatic carbocycles. The Morgan fingerprint density at radius 2 is 1.97 bits per heavy atom. The van der Waals surface area contributed by atoms with Crippen LogP contribution in [-0.4, -0.2) is 55.2 Å². The van der Waals surface area contributed by atoms with E-state index in [0.29, 0.717) is 16.2 Å². The average molecular weight is 465 g/mol. The zero-order valence-corrected chi connectivity index (χ0v) is 17.2. The average Bonchev–Trinajstić information content (AvgIpc) is 3.36. The molecule has 0 radical (unpaired) electrons. The maximum Gasteiger partial charge on any atom is 0.271 e. The van der Waals surface area contributed by atoms with Crippen molar-refractivity contribution in [3.63, 3.8) is 0 Å². The first-order valence-corrected chi connectivity index (χ1v) is 11.0. The number of nitriles is 2. The third-order valence-electron chi connectivity index (χ3n) is 4.38. The molecule has 0 unspecified atom stereocenters. The van der Waals surface area contributed by atoms with Crippen LogP contribution in [0.3, 0.4) is 0 Å². The van der Waals surface area contributed by atoms with Crippen LogP contribution in [0.4, 0.5) is 8.78 Å². The Kier molecular flexibility index (Phi) is 6.01. The molecule has 1 atom stereocenters. The molecule has 160 valence electrons. The van der Waals surface area contributed by atoms with Gasteiger partial charge in [-0.1, -0.05) is 0 Å². The van der Waals surface area contributed by atoms with Crippen molar-refractivity contribution in [1.29, 1.82) is 10.5 Å². The van der Waals surface area contributed by atoms with Gasteiger partial charge in [-0.15, -0.1) is 11.3 Å². The molecule has 1 aliphatic rings. The van der Waals surface area contributed by atoms with Gasteiger partial charge in [-0.05, 0) is 24.3 Å². The van der Waals surface area contributed by atoms with E-state index in [4.69, 9.17) is 10.5 Å². The number of aromatic nitrogens is 1. The smallest absolute Gasteiger partial charge is 0.271 e. The summed E-state index contributed by atoms with van der Waals surface area (Å²) in [6.45, 7) is -1.56. The SMILES string of the molecule is N#Cc1ccc(S(=O)(=O)c2nc(C(=O)NCC(=O)N3CC(F)(F)C[C@H]3C#N)cs2)cc1. The van der Waals surface area contributed by atoms with Gasteiger partial charge in [0.1, 0.15) is 11.7 Å². The van der Waals surface area contributed by atoms with Crippen molar-refractivity contribution in [2.45, 2.75) is 27.6 Å². The van der Waals surface area contributed by atoms with Crippen LogP contribution in [0.25, 0.3) is 0 Å². The molecule has 0 saturated carbocycles. The Morgan fingerprint density at radius 3 is 2.58 bits per heavy atom. The highest BCUT2D eigenvalue weighted by molar-refractivity contribution is 7.93. The highest BCUT2D eigenvalue weighted by Gasteiger charge is 2.47. The lowest BCUT2D eigenvalue weighted by Crippen LogP contribution is -2.43. The number of hydrogen-bond acceptors (Lipinski definition) is 8. The maximum absolute atomic E-state index is 13.4. The number of sulfone groups is 1. The van der Waals surface area contributed by atoms with Crippen LogP contribution < -0.4 is 5.32 Å². The molecule has 9 nitrogen and oxygen atoms in total. The van der Waals surface area contributed by atoms with Gasteiger partial charge in [0, 0.05) is 11.8 Å². The number of thiazole rings is 1. The Balaban J connectivity index is 1.67. The number of halogens is 2. The van der Waals surface area contributed by atoms with E-state index in [1.54, 1.807) is 6.07 Å². The van der Waals surface area contributed by atoms with Gasteiger partial charge >= 0.3 is 0 Å². The monoisotopic (exact) mass is 465 g/mol. The first-order chi connectivity index (χ1) is 14.6. The molecule has 1 aromatic heterocycles. The minimum atomic E-state index is -4.02. The molecule has 2 heterocycles. The van der Waals surface area contributed by atoms with Crippen LogP contribution in [-0.2, 0) is 14.6 Å². The van der Waals surface area contributed by atoms with Gasteiger partial charge in [0.25, 0.3) is 11.8 Å². The standard InChI is InChI=1S/C18H13F2N5O4S2/c19-18(20)5-12(7-22)25(10-18)15(26)8-23-16(27)14-9-30-17(24-14)31(28,29)13-3-1-11(6-21)2-4-13/h1-4,9,12H,5,8,10H2,(H,23,27)/t12-/m0/s1. The second-order valence-corrected chi connectivity index (χ2v) is 9.53. The van der Waals surface area contributed by atoms with E-state index >= 15 is 0 Å². The summed E-state index contributed by atoms with van der Waals surface area (Å²) in [5.74, 6) is -4.91. The summed E-state index contributed by atoms with van der Waals surface area (Å²) in [6.07, 6.45) is -0.772. The van der Waals surface area contributed by atoms with E-state index in [-0.39, 0.29) is 20.5 Å². The number of amides is 2. The zero-order chi connectivity index (χ0) is 22.8. The largest absolute Gasteiger partial charge is 0.342 e. The molecular formula is C18H13F2N5O4S2. The number of benzene rings is 1. The van der Waals surface area contributed by atoms with Crippen LogP contribution in [0.2, 0.25) is 0 Å². The second-order valence-electron chi connectivity index (χ2n) is 6.55. The third-order valence-corrected chi connectivity index (χ3v) is 7.40. The van der Waals surface area contributed by atoms with Gasteiger partial charge in [-0.2, -0.15) is 10.5 Å². The van der Waals surface area contributed by atoms with Crippen molar-refractivity contribution >= 4 is 33.0 Å². The lowest BCUT2D eigenvalue weighted by Gasteiger charge is -2.19. The third kappa shape index (κ3) is 4.68. The quantitative estimate of drug-likeness (QED) is 0.701. The minimum Gasteiger partial charge on any atom is -0.342 e. The van der Waals surface area contributed by atoms with Crippen molar-refractivity contribution < 1.29 is 26.8 Å². The number of alkyl halides is 2. The molecule has 0 aliphatic carbocycles. The highest BCUT2D eigenvalue weighted by Crippen LogP contribution is 2.31. The first kappa shape index (κ1) is 22.3. The number of rotatable bonds is 5. The van der Waals surface area contributed by atoms with E-state index < -0.39 is 53.1 Å². The molecule has 0 bridgehead atoms. The molecule has 1 aliphatic heterocycles. The second kappa shape index (κ2) is 8.37. The van der Waals surface area contributed by atoms with Gasteiger partial charge in [0.05, 0.1) is 35.7 Å².